The van der Waals surface area contributed by atoms with Crippen LogP contribution >= 0.6 is 0 Å². The van der Waals surface area contributed by atoms with Crippen LogP contribution in [0.25, 0.3) is 0 Å². The van der Waals surface area contributed by atoms with Gasteiger partial charge in [0.2, 0.25) is 0 Å². The molecule has 3 fully saturated rings. The smallest absolute Gasteiger partial charge is 0.338 e. The molecule has 0 aromatic heterocycles. The average Bonchev–Trinajstić information content (AvgIpc) is 3.01. The summed E-state index contributed by atoms with van der Waals surface area (Å²) in [5, 5.41) is 36.5. The van der Waals surface area contributed by atoms with E-state index in [4.69, 9.17) is 18.6 Å². The zero-order valence-electron chi connectivity index (χ0n) is 28.9. The Hall–Kier alpha value is -0.972. The molecule has 7 unspecified atom stereocenters. The largest absolute Gasteiger partial charge is 0.455 e. The van der Waals surface area contributed by atoms with Crippen LogP contribution in [-0.4, -0.2) is 89.7 Å². The molecule has 2 saturated carbocycles. The van der Waals surface area contributed by atoms with Crippen molar-refractivity contribution in [1.29, 1.82) is 0 Å². The number of esters is 2. The molecule has 1 saturated heterocycles. The third-order valence-corrected chi connectivity index (χ3v) is 16.9. The molecule has 1 heterocycles. The molecule has 2 bridgehead atoms. The van der Waals surface area contributed by atoms with E-state index in [0.29, 0.717) is 5.57 Å². The molecular formula is C35H50AcO10Si. The van der Waals surface area contributed by atoms with Gasteiger partial charge in [-0.05, 0) is 55.3 Å². The SMILES string of the molecule is CC[Si](CC)(CC)O[C@H]1CC2OCC2(OC(C)=O)C2C(OC(=O)c3ccccc3)C3(O)CC(O)C(C)=C(C(O)C(=O)[C@@]21C)C3(C)C.[Ac]. The summed E-state index contributed by atoms with van der Waals surface area (Å²) >= 11 is 0. The molecule has 1 aliphatic heterocycles. The van der Waals surface area contributed by atoms with Crippen LogP contribution in [0.5, 0.6) is 0 Å². The number of aliphatic hydroxyl groups excluding tert-OH is 2. The number of ketones is 1. The summed E-state index contributed by atoms with van der Waals surface area (Å²) in [6.07, 6.45) is -6.03. The number of hydrogen-bond acceptors (Lipinski definition) is 10. The number of fused-ring (bicyclic) bond motifs is 5. The first-order valence-corrected chi connectivity index (χ1v) is 19.1. The maximum Gasteiger partial charge on any atom is 0.338 e. The molecule has 5 rings (SSSR count). The maximum absolute atomic E-state index is 15.1. The zero-order valence-corrected chi connectivity index (χ0v) is 34.6. The van der Waals surface area contributed by atoms with Crippen molar-refractivity contribution in [2.75, 3.05) is 6.61 Å². The Kier molecular flexibility index (Phi) is 11.3. The Bertz CT molecular complexity index is 1400. The van der Waals surface area contributed by atoms with Gasteiger partial charge in [0.05, 0.1) is 35.7 Å². The van der Waals surface area contributed by atoms with Gasteiger partial charge < -0.3 is 34.0 Å². The summed E-state index contributed by atoms with van der Waals surface area (Å²) in [5.41, 5.74) is -5.70. The number of carbonyl (C=O) groups excluding carboxylic acids is 3. The fourth-order valence-electron chi connectivity index (χ4n) is 9.11. The Morgan fingerprint density at radius 1 is 1.04 bits per heavy atom. The van der Waals surface area contributed by atoms with E-state index >= 15 is 4.79 Å². The number of aliphatic hydroxyl groups is 3. The molecule has 12 heteroatoms. The molecule has 1 radical (unpaired) electrons. The number of carbonyl (C=O) groups is 3. The van der Waals surface area contributed by atoms with Crippen LogP contribution in [0.2, 0.25) is 18.1 Å². The number of Topliss-reactive ketones (excluding diaryl/α,β-unsaturated/α-hetero) is 1. The quantitative estimate of drug-likeness (QED) is 0.198. The zero-order chi connectivity index (χ0) is 34.0. The summed E-state index contributed by atoms with van der Waals surface area (Å²) in [5.74, 6) is -3.16. The predicted molar refractivity (Wildman–Crippen MR) is 171 cm³/mol. The van der Waals surface area contributed by atoms with Crippen molar-refractivity contribution < 1.29 is 92.4 Å². The second-order valence-electron chi connectivity index (χ2n) is 14.5. The van der Waals surface area contributed by atoms with Crippen molar-refractivity contribution in [2.24, 2.45) is 16.7 Å². The van der Waals surface area contributed by atoms with Gasteiger partial charge in [-0.1, -0.05) is 52.8 Å². The van der Waals surface area contributed by atoms with Crippen molar-refractivity contribution in [3.63, 3.8) is 0 Å². The fraction of sp³-hybridized carbons (Fsp3) is 0.686. The first-order valence-electron chi connectivity index (χ1n) is 16.6. The monoisotopic (exact) mass is 885 g/mol. The van der Waals surface area contributed by atoms with E-state index in [1.807, 2.05) is 0 Å². The second kappa shape index (κ2) is 13.6. The Morgan fingerprint density at radius 3 is 2.15 bits per heavy atom. The number of benzene rings is 1. The molecule has 0 amide bonds. The third-order valence-electron chi connectivity index (χ3n) is 12.2. The van der Waals surface area contributed by atoms with Gasteiger partial charge in [0.25, 0.3) is 0 Å². The summed E-state index contributed by atoms with van der Waals surface area (Å²) in [7, 11) is -2.42. The molecule has 3 aliphatic carbocycles. The van der Waals surface area contributed by atoms with Crippen molar-refractivity contribution >= 4 is 26.0 Å². The second-order valence-corrected chi connectivity index (χ2v) is 19.2. The van der Waals surface area contributed by atoms with E-state index in [9.17, 15) is 24.9 Å². The van der Waals surface area contributed by atoms with Crippen LogP contribution in [0.3, 0.4) is 0 Å². The molecule has 3 N–H and O–H groups in total. The van der Waals surface area contributed by atoms with Crippen LogP contribution in [0.1, 0.15) is 78.6 Å². The standard InChI is InChI=1S/C35H50O10Si.Ac/c1-9-46(10-2,11-3)45-24-17-25-34(19-42-25,44-21(5)36)28-30(43-31(40)22-15-13-12-14-16-22)35(41)18-23(37)20(4)26(32(35,6)7)27(38)29(39)33(24,28)8;/h12-16,23-25,27-28,30,37-38,41H,9-11,17-19H2,1-8H3;/t23?,24-,25?,27?,28?,30?,33+,34?,35?;/m0./s1. The molecule has 4 aliphatic rings. The van der Waals surface area contributed by atoms with Gasteiger partial charge in [-0.3, -0.25) is 9.59 Å². The van der Waals surface area contributed by atoms with Crippen LogP contribution in [0, 0.1) is 60.8 Å². The van der Waals surface area contributed by atoms with E-state index in [1.54, 1.807) is 58.0 Å². The maximum atomic E-state index is 15.1. The minimum absolute atomic E-state index is 0. The van der Waals surface area contributed by atoms with E-state index < -0.39 is 84.5 Å². The van der Waals surface area contributed by atoms with E-state index in [1.165, 1.54) is 6.92 Å². The average molecular weight is 886 g/mol. The van der Waals surface area contributed by atoms with Gasteiger partial charge >= 0.3 is 11.9 Å². The van der Waals surface area contributed by atoms with Crippen molar-refractivity contribution in [1.82, 2.24) is 0 Å². The predicted octanol–water partition coefficient (Wildman–Crippen LogP) is 4.11. The molecule has 0 spiro atoms. The van der Waals surface area contributed by atoms with E-state index in [-0.39, 0.29) is 74.6 Å². The van der Waals surface area contributed by atoms with Gasteiger partial charge in [-0.2, -0.15) is 0 Å². The van der Waals surface area contributed by atoms with Gasteiger partial charge in [0, 0.05) is 69.2 Å². The van der Waals surface area contributed by atoms with Gasteiger partial charge in [-0.15, -0.1) is 0 Å². The molecule has 257 valence electrons. The Balaban J connectivity index is 0.00000500. The summed E-state index contributed by atoms with van der Waals surface area (Å²) in [6, 6.07) is 10.7. The van der Waals surface area contributed by atoms with Crippen LogP contribution < -0.4 is 0 Å². The molecule has 9 atom stereocenters. The van der Waals surface area contributed by atoms with Crippen molar-refractivity contribution in [2.45, 2.75) is 128 Å². The summed E-state index contributed by atoms with van der Waals surface area (Å²) < 4.78 is 25.7. The molecule has 1 aromatic carbocycles. The van der Waals surface area contributed by atoms with Gasteiger partial charge in [0.15, 0.2) is 19.7 Å². The minimum atomic E-state index is -2.42. The topological polar surface area (TPSA) is 149 Å². The number of ether oxygens (including phenoxy) is 3. The van der Waals surface area contributed by atoms with Crippen LogP contribution in [0.4, 0.5) is 0 Å². The van der Waals surface area contributed by atoms with E-state index in [2.05, 4.69) is 20.8 Å². The molecule has 1 aromatic rings. The summed E-state index contributed by atoms with van der Waals surface area (Å²) in [6.45, 7) is 14.1. The van der Waals surface area contributed by atoms with Gasteiger partial charge in [-0.25, -0.2) is 4.79 Å². The minimum Gasteiger partial charge on any atom is -0.455 e. The first-order chi connectivity index (χ1) is 21.5. The van der Waals surface area contributed by atoms with Gasteiger partial charge in [0.1, 0.15) is 23.9 Å². The molecule has 10 nitrogen and oxygen atoms in total. The first kappa shape index (κ1) is 38.8. The van der Waals surface area contributed by atoms with E-state index in [0.717, 1.165) is 18.1 Å². The molecule has 47 heavy (non-hydrogen) atoms. The van der Waals surface area contributed by atoms with Crippen LogP contribution in [0.15, 0.2) is 41.5 Å². The number of rotatable bonds is 8. The Labute approximate surface area is 314 Å². The summed E-state index contributed by atoms with van der Waals surface area (Å²) in [4.78, 5) is 41.9. The van der Waals surface area contributed by atoms with Crippen molar-refractivity contribution in [3.8, 4) is 0 Å². The Morgan fingerprint density at radius 2 is 1.64 bits per heavy atom. The fourth-order valence-corrected chi connectivity index (χ4v) is 12.1. The normalized spacial score (nSPS) is 37.6. The van der Waals surface area contributed by atoms with Crippen LogP contribution in [-0.2, 0) is 28.2 Å². The van der Waals surface area contributed by atoms with Crippen molar-refractivity contribution in [3.05, 3.63) is 47.0 Å². The number of hydrogen-bond donors (Lipinski definition) is 3. The molecular weight excluding hydrogens is 835 g/mol. The third kappa shape index (κ3) is 5.79.